The molecule has 2 nitrogen and oxygen atoms in total. The molecule has 2 heteroatoms. The SMILES string of the molecule is N=C[C@@H]1CCC=CO1. The quantitative estimate of drug-likeness (QED) is 0.509. The van der Waals surface area contributed by atoms with E-state index in [2.05, 4.69) is 0 Å². The van der Waals surface area contributed by atoms with Gasteiger partial charge in [0.1, 0.15) is 6.10 Å². The molecule has 1 aliphatic heterocycles. The molecule has 0 unspecified atom stereocenters. The van der Waals surface area contributed by atoms with Gasteiger partial charge in [-0.3, -0.25) is 0 Å². The highest BCUT2D eigenvalue weighted by Crippen LogP contribution is 2.06. The molecule has 0 amide bonds. The van der Waals surface area contributed by atoms with Crippen molar-refractivity contribution in [3.63, 3.8) is 0 Å². The second-order valence-electron chi connectivity index (χ2n) is 1.79. The van der Waals surface area contributed by atoms with Crippen LogP contribution in [0.1, 0.15) is 12.8 Å². The minimum absolute atomic E-state index is 0.0417. The van der Waals surface area contributed by atoms with Gasteiger partial charge in [-0.25, -0.2) is 0 Å². The fourth-order valence-corrected chi connectivity index (χ4v) is 0.676. The van der Waals surface area contributed by atoms with E-state index >= 15 is 0 Å². The average molecular weight is 111 g/mol. The normalized spacial score (nSPS) is 26.8. The Hall–Kier alpha value is -0.790. The van der Waals surface area contributed by atoms with Crippen molar-refractivity contribution in [2.75, 3.05) is 0 Å². The highest BCUT2D eigenvalue weighted by molar-refractivity contribution is 5.59. The van der Waals surface area contributed by atoms with Crippen molar-refractivity contribution in [2.24, 2.45) is 0 Å². The summed E-state index contributed by atoms with van der Waals surface area (Å²) in [6.45, 7) is 0. The molecule has 0 aromatic rings. The molecule has 1 N–H and O–H groups in total. The molecule has 0 saturated heterocycles. The second kappa shape index (κ2) is 2.50. The van der Waals surface area contributed by atoms with Crippen molar-refractivity contribution in [3.8, 4) is 0 Å². The van der Waals surface area contributed by atoms with Crippen LogP contribution < -0.4 is 0 Å². The Labute approximate surface area is 48.7 Å². The summed E-state index contributed by atoms with van der Waals surface area (Å²) in [5.74, 6) is 0. The minimum Gasteiger partial charge on any atom is -0.493 e. The van der Waals surface area contributed by atoms with E-state index in [0.717, 1.165) is 12.8 Å². The van der Waals surface area contributed by atoms with Crippen LogP contribution in [0.3, 0.4) is 0 Å². The first-order valence-electron chi connectivity index (χ1n) is 2.74. The largest absolute Gasteiger partial charge is 0.493 e. The molecule has 44 valence electrons. The Kier molecular flexibility index (Phi) is 1.67. The van der Waals surface area contributed by atoms with Crippen LogP contribution >= 0.6 is 0 Å². The van der Waals surface area contributed by atoms with E-state index in [-0.39, 0.29) is 6.10 Å². The lowest BCUT2D eigenvalue weighted by atomic mass is 10.2. The summed E-state index contributed by atoms with van der Waals surface area (Å²) in [7, 11) is 0. The Morgan fingerprint density at radius 1 is 1.75 bits per heavy atom. The van der Waals surface area contributed by atoms with E-state index in [9.17, 15) is 0 Å². The standard InChI is InChI=1S/C6H9NO/c7-5-6-3-1-2-4-8-6/h2,4-7H,1,3H2/t6-/m0/s1. The topological polar surface area (TPSA) is 33.1 Å². The predicted octanol–water partition coefficient (Wildman–Crippen LogP) is 1.33. The number of hydrogen-bond acceptors (Lipinski definition) is 2. The summed E-state index contributed by atoms with van der Waals surface area (Å²) < 4.78 is 5.00. The summed E-state index contributed by atoms with van der Waals surface area (Å²) in [5, 5.41) is 6.81. The van der Waals surface area contributed by atoms with Crippen LogP contribution in [0.5, 0.6) is 0 Å². The molecule has 1 heterocycles. The maximum absolute atomic E-state index is 6.81. The molecule has 0 aromatic heterocycles. The second-order valence-corrected chi connectivity index (χ2v) is 1.79. The first-order valence-corrected chi connectivity index (χ1v) is 2.74. The Bertz CT molecular complexity index is 109. The van der Waals surface area contributed by atoms with Gasteiger partial charge in [-0.2, -0.15) is 0 Å². The van der Waals surface area contributed by atoms with Gasteiger partial charge in [0.05, 0.1) is 6.26 Å². The summed E-state index contributed by atoms with van der Waals surface area (Å²) in [6, 6.07) is 0. The first-order chi connectivity index (χ1) is 3.93. The summed E-state index contributed by atoms with van der Waals surface area (Å²) >= 11 is 0. The molecule has 0 radical (unpaired) electrons. The van der Waals surface area contributed by atoms with Crippen molar-refractivity contribution in [1.29, 1.82) is 5.41 Å². The molecular formula is C6H9NO. The van der Waals surface area contributed by atoms with Gasteiger partial charge in [-0.15, -0.1) is 0 Å². The van der Waals surface area contributed by atoms with Crippen LogP contribution in [0, 0.1) is 5.41 Å². The van der Waals surface area contributed by atoms with Crippen molar-refractivity contribution in [1.82, 2.24) is 0 Å². The zero-order chi connectivity index (χ0) is 5.82. The van der Waals surface area contributed by atoms with Crippen LogP contribution in [0.2, 0.25) is 0 Å². The van der Waals surface area contributed by atoms with Crippen molar-refractivity contribution in [3.05, 3.63) is 12.3 Å². The molecule has 0 fully saturated rings. The average Bonchev–Trinajstić information content (AvgIpc) is 1.90. The zero-order valence-electron chi connectivity index (χ0n) is 4.63. The lowest BCUT2D eigenvalue weighted by Gasteiger charge is -2.13. The van der Waals surface area contributed by atoms with E-state index < -0.39 is 0 Å². The molecule has 0 saturated carbocycles. The van der Waals surface area contributed by atoms with Crippen LogP contribution in [0.25, 0.3) is 0 Å². The fourth-order valence-electron chi connectivity index (χ4n) is 0.676. The van der Waals surface area contributed by atoms with Gasteiger partial charge < -0.3 is 10.1 Å². The van der Waals surface area contributed by atoms with Gasteiger partial charge in [0, 0.05) is 6.21 Å². The number of rotatable bonds is 1. The van der Waals surface area contributed by atoms with Crippen molar-refractivity contribution < 1.29 is 4.74 Å². The number of hydrogen-bond donors (Lipinski definition) is 1. The van der Waals surface area contributed by atoms with E-state index in [1.165, 1.54) is 6.21 Å². The maximum atomic E-state index is 6.81. The Morgan fingerprint density at radius 3 is 3.00 bits per heavy atom. The van der Waals surface area contributed by atoms with E-state index in [4.69, 9.17) is 10.1 Å². The molecule has 8 heavy (non-hydrogen) atoms. The van der Waals surface area contributed by atoms with Gasteiger partial charge in [-0.05, 0) is 18.9 Å². The van der Waals surface area contributed by atoms with E-state index in [1.807, 2.05) is 6.08 Å². The molecule has 1 atom stereocenters. The molecule has 0 bridgehead atoms. The molecule has 1 rings (SSSR count). The first kappa shape index (κ1) is 5.35. The Morgan fingerprint density at radius 2 is 2.62 bits per heavy atom. The van der Waals surface area contributed by atoms with E-state index in [1.54, 1.807) is 6.26 Å². The maximum Gasteiger partial charge on any atom is 0.132 e. The van der Waals surface area contributed by atoms with Gasteiger partial charge in [-0.1, -0.05) is 0 Å². The monoisotopic (exact) mass is 111 g/mol. The lowest BCUT2D eigenvalue weighted by molar-refractivity contribution is 0.184. The van der Waals surface area contributed by atoms with Gasteiger partial charge >= 0.3 is 0 Å². The molecule has 1 aliphatic rings. The highest BCUT2D eigenvalue weighted by atomic mass is 16.5. The molecule has 0 spiro atoms. The fraction of sp³-hybridized carbons (Fsp3) is 0.500. The summed E-state index contributed by atoms with van der Waals surface area (Å²) in [6.07, 6.45) is 7.02. The smallest absolute Gasteiger partial charge is 0.132 e. The van der Waals surface area contributed by atoms with Gasteiger partial charge in [0.2, 0.25) is 0 Å². The van der Waals surface area contributed by atoms with Gasteiger partial charge in [0.15, 0.2) is 0 Å². The van der Waals surface area contributed by atoms with Gasteiger partial charge in [0.25, 0.3) is 0 Å². The third kappa shape index (κ3) is 1.09. The molecule has 0 aliphatic carbocycles. The van der Waals surface area contributed by atoms with Crippen LogP contribution in [-0.4, -0.2) is 12.3 Å². The molecular weight excluding hydrogens is 102 g/mol. The van der Waals surface area contributed by atoms with Crippen molar-refractivity contribution >= 4 is 6.21 Å². The molecule has 0 aromatic carbocycles. The third-order valence-electron chi connectivity index (χ3n) is 1.15. The minimum atomic E-state index is 0.0417. The Balaban J connectivity index is 2.37. The van der Waals surface area contributed by atoms with Crippen LogP contribution in [-0.2, 0) is 4.74 Å². The lowest BCUT2D eigenvalue weighted by Crippen LogP contribution is -2.12. The van der Waals surface area contributed by atoms with Crippen molar-refractivity contribution in [2.45, 2.75) is 18.9 Å². The zero-order valence-corrected chi connectivity index (χ0v) is 4.63. The van der Waals surface area contributed by atoms with Crippen LogP contribution in [0.4, 0.5) is 0 Å². The summed E-state index contributed by atoms with van der Waals surface area (Å²) in [4.78, 5) is 0. The number of allylic oxidation sites excluding steroid dienone is 1. The number of nitrogens with one attached hydrogen (secondary N) is 1. The van der Waals surface area contributed by atoms with Crippen LogP contribution in [0.15, 0.2) is 12.3 Å². The predicted molar refractivity (Wildman–Crippen MR) is 32.0 cm³/mol. The third-order valence-corrected chi connectivity index (χ3v) is 1.15. The highest BCUT2D eigenvalue weighted by Gasteiger charge is 2.04. The number of ether oxygens (including phenoxy) is 1. The summed E-state index contributed by atoms with van der Waals surface area (Å²) in [5.41, 5.74) is 0. The van der Waals surface area contributed by atoms with E-state index in [0.29, 0.717) is 0 Å².